The molecule has 0 fully saturated rings. The van der Waals surface area contributed by atoms with Crippen LogP contribution in [0.15, 0.2) is 47.4 Å². The zero-order valence-corrected chi connectivity index (χ0v) is 16.6. The van der Waals surface area contributed by atoms with Crippen molar-refractivity contribution in [3.63, 3.8) is 0 Å². The molecule has 0 aliphatic carbocycles. The van der Waals surface area contributed by atoms with Crippen molar-refractivity contribution >= 4 is 28.6 Å². The maximum Gasteiger partial charge on any atom is 0.240 e. The van der Waals surface area contributed by atoms with Gasteiger partial charge in [0.05, 0.1) is 10.6 Å². The van der Waals surface area contributed by atoms with Crippen LogP contribution >= 0.6 is 11.8 Å². The fourth-order valence-corrected chi connectivity index (χ4v) is 5.40. The van der Waals surface area contributed by atoms with Gasteiger partial charge in [0.2, 0.25) is 5.91 Å². The van der Waals surface area contributed by atoms with Crippen LogP contribution in [0.25, 0.3) is 22.2 Å². The third-order valence-corrected chi connectivity index (χ3v) is 6.67. The van der Waals surface area contributed by atoms with E-state index in [0.717, 1.165) is 34.3 Å². The summed E-state index contributed by atoms with van der Waals surface area (Å²) in [7, 11) is 0. The van der Waals surface area contributed by atoms with Crippen molar-refractivity contribution in [1.29, 1.82) is 0 Å². The third kappa shape index (κ3) is 2.67. The molecule has 1 atom stereocenters. The Morgan fingerprint density at radius 3 is 2.56 bits per heavy atom. The van der Waals surface area contributed by atoms with Crippen LogP contribution in [0.4, 0.5) is 4.39 Å². The monoisotopic (exact) mass is 382 g/mol. The van der Waals surface area contributed by atoms with Crippen molar-refractivity contribution in [3.8, 4) is 11.3 Å². The summed E-state index contributed by atoms with van der Waals surface area (Å²) in [6.45, 7) is 8.13. The van der Waals surface area contributed by atoms with Gasteiger partial charge in [0, 0.05) is 41.7 Å². The minimum atomic E-state index is -0.429. The SMILES string of the molecule is CCN(CC)C(=O)C1Sc2c(F)cccc2-c2c1c1ccccc1n2CC. The van der Waals surface area contributed by atoms with Crippen molar-refractivity contribution in [2.45, 2.75) is 37.5 Å². The predicted octanol–water partition coefficient (Wildman–Crippen LogP) is 5.48. The summed E-state index contributed by atoms with van der Waals surface area (Å²) >= 11 is 1.35. The highest BCUT2D eigenvalue weighted by Crippen LogP contribution is 2.53. The highest BCUT2D eigenvalue weighted by atomic mass is 32.2. The molecule has 140 valence electrons. The van der Waals surface area contributed by atoms with E-state index in [-0.39, 0.29) is 11.7 Å². The average Bonchev–Trinajstić information content (AvgIpc) is 3.03. The summed E-state index contributed by atoms with van der Waals surface area (Å²) < 4.78 is 16.9. The number of para-hydroxylation sites is 1. The van der Waals surface area contributed by atoms with E-state index in [1.165, 1.54) is 17.8 Å². The maximum atomic E-state index is 14.7. The Hall–Kier alpha value is -2.27. The van der Waals surface area contributed by atoms with E-state index in [1.54, 1.807) is 6.07 Å². The number of aryl methyl sites for hydroxylation is 1. The van der Waals surface area contributed by atoms with E-state index in [9.17, 15) is 9.18 Å². The Bertz CT molecular complexity index is 1020. The molecule has 3 aromatic rings. The van der Waals surface area contributed by atoms with Crippen molar-refractivity contribution < 1.29 is 9.18 Å². The molecule has 0 saturated heterocycles. The molecule has 2 aromatic carbocycles. The average molecular weight is 383 g/mol. The number of likely N-dealkylation sites (N-methyl/N-ethyl adjacent to an activating group) is 1. The Labute approximate surface area is 163 Å². The Balaban J connectivity index is 2.05. The van der Waals surface area contributed by atoms with Crippen molar-refractivity contribution in [2.24, 2.45) is 0 Å². The molecule has 3 nitrogen and oxygen atoms in total. The molecular formula is C22H23FN2OS. The van der Waals surface area contributed by atoms with Crippen molar-refractivity contribution in [3.05, 3.63) is 53.8 Å². The summed E-state index contributed by atoms with van der Waals surface area (Å²) in [5.41, 5.74) is 3.99. The van der Waals surface area contributed by atoms with Crippen molar-refractivity contribution in [1.82, 2.24) is 9.47 Å². The highest BCUT2D eigenvalue weighted by molar-refractivity contribution is 8.00. The molecule has 0 spiro atoms. The Morgan fingerprint density at radius 1 is 1.11 bits per heavy atom. The fourth-order valence-electron chi connectivity index (χ4n) is 4.08. The summed E-state index contributed by atoms with van der Waals surface area (Å²) in [5, 5.41) is 0.657. The van der Waals surface area contributed by atoms with Crippen LogP contribution in [-0.4, -0.2) is 28.5 Å². The van der Waals surface area contributed by atoms with E-state index >= 15 is 0 Å². The molecule has 2 heterocycles. The van der Waals surface area contributed by atoms with Gasteiger partial charge in [0.1, 0.15) is 11.1 Å². The first-order valence-corrected chi connectivity index (χ1v) is 10.4. The van der Waals surface area contributed by atoms with E-state index in [2.05, 4.69) is 23.6 Å². The molecular weight excluding hydrogens is 359 g/mol. The van der Waals surface area contributed by atoms with Gasteiger partial charge in [-0.1, -0.05) is 30.3 Å². The van der Waals surface area contributed by atoms with Gasteiger partial charge in [-0.05, 0) is 32.9 Å². The van der Waals surface area contributed by atoms with Gasteiger partial charge in [-0.3, -0.25) is 4.79 Å². The van der Waals surface area contributed by atoms with E-state index in [0.29, 0.717) is 18.0 Å². The number of benzene rings is 2. The van der Waals surface area contributed by atoms with Gasteiger partial charge in [-0.15, -0.1) is 11.8 Å². The molecule has 0 bridgehead atoms. The molecule has 1 aliphatic rings. The Morgan fingerprint density at radius 2 is 1.85 bits per heavy atom. The van der Waals surface area contributed by atoms with E-state index in [4.69, 9.17) is 0 Å². The molecule has 1 amide bonds. The third-order valence-electron chi connectivity index (χ3n) is 5.35. The quantitative estimate of drug-likeness (QED) is 0.597. The number of thioether (sulfide) groups is 1. The summed E-state index contributed by atoms with van der Waals surface area (Å²) in [4.78, 5) is 15.8. The highest BCUT2D eigenvalue weighted by Gasteiger charge is 2.38. The standard InChI is InChI=1S/C22H23FN2OS/c1-4-24(5-2)22(26)21-18-14-10-7-8-13-17(14)25(6-3)19(18)15-11-9-12-16(23)20(15)27-21/h7-13,21H,4-6H2,1-3H3. The number of rotatable bonds is 4. The van der Waals surface area contributed by atoms with Gasteiger partial charge in [0.15, 0.2) is 0 Å². The molecule has 0 saturated carbocycles. The van der Waals surface area contributed by atoms with Crippen LogP contribution in [0, 0.1) is 5.82 Å². The number of carbonyl (C=O) groups is 1. The zero-order valence-electron chi connectivity index (χ0n) is 15.8. The van der Waals surface area contributed by atoms with E-state index < -0.39 is 5.25 Å². The first-order chi connectivity index (χ1) is 13.1. The number of halogens is 1. The first-order valence-electron chi connectivity index (χ1n) is 9.47. The van der Waals surface area contributed by atoms with Gasteiger partial charge in [0.25, 0.3) is 0 Å². The number of hydrogen-bond acceptors (Lipinski definition) is 2. The van der Waals surface area contributed by atoms with Crippen LogP contribution in [0.3, 0.4) is 0 Å². The minimum Gasteiger partial charge on any atom is -0.342 e. The lowest BCUT2D eigenvalue weighted by atomic mass is 10.0. The lowest BCUT2D eigenvalue weighted by molar-refractivity contribution is -0.130. The van der Waals surface area contributed by atoms with Crippen LogP contribution in [0.1, 0.15) is 31.6 Å². The lowest BCUT2D eigenvalue weighted by Crippen LogP contribution is -2.34. The molecule has 5 heteroatoms. The second-order valence-electron chi connectivity index (χ2n) is 6.65. The number of aromatic nitrogens is 1. The van der Waals surface area contributed by atoms with Gasteiger partial charge < -0.3 is 9.47 Å². The zero-order chi connectivity index (χ0) is 19.1. The molecule has 0 N–H and O–H groups in total. The number of carbonyl (C=O) groups excluding carboxylic acids is 1. The van der Waals surface area contributed by atoms with Crippen molar-refractivity contribution in [2.75, 3.05) is 13.1 Å². The number of fused-ring (bicyclic) bond motifs is 5. The first kappa shape index (κ1) is 18.1. The normalized spacial score (nSPS) is 15.5. The predicted molar refractivity (Wildman–Crippen MR) is 110 cm³/mol. The maximum absolute atomic E-state index is 14.7. The summed E-state index contributed by atoms with van der Waals surface area (Å²) in [5.74, 6) is -0.201. The fraction of sp³-hybridized carbons (Fsp3) is 0.318. The molecule has 1 aromatic heterocycles. The van der Waals surface area contributed by atoms with E-state index in [1.807, 2.05) is 36.9 Å². The number of amides is 1. The van der Waals surface area contributed by atoms with Crippen LogP contribution in [0.5, 0.6) is 0 Å². The van der Waals surface area contributed by atoms with Gasteiger partial charge in [-0.2, -0.15) is 0 Å². The smallest absolute Gasteiger partial charge is 0.240 e. The molecule has 4 rings (SSSR count). The second kappa shape index (κ2) is 7.04. The summed E-state index contributed by atoms with van der Waals surface area (Å²) in [6, 6.07) is 13.4. The largest absolute Gasteiger partial charge is 0.342 e. The minimum absolute atomic E-state index is 0.0548. The second-order valence-corrected chi connectivity index (χ2v) is 7.76. The number of hydrogen-bond donors (Lipinski definition) is 0. The van der Waals surface area contributed by atoms with Crippen LogP contribution in [0.2, 0.25) is 0 Å². The van der Waals surface area contributed by atoms with Crippen LogP contribution in [-0.2, 0) is 11.3 Å². The molecule has 1 unspecified atom stereocenters. The number of nitrogens with zero attached hydrogens (tertiary/aromatic N) is 2. The summed E-state index contributed by atoms with van der Waals surface area (Å²) in [6.07, 6.45) is 0. The van der Waals surface area contributed by atoms with Crippen LogP contribution < -0.4 is 0 Å². The molecule has 0 radical (unpaired) electrons. The molecule has 1 aliphatic heterocycles. The van der Waals surface area contributed by atoms with Gasteiger partial charge in [-0.25, -0.2) is 4.39 Å². The topological polar surface area (TPSA) is 25.2 Å². The van der Waals surface area contributed by atoms with Gasteiger partial charge >= 0.3 is 0 Å². The molecule has 27 heavy (non-hydrogen) atoms. The Kier molecular flexibility index (Phi) is 4.72. The lowest BCUT2D eigenvalue weighted by Gasteiger charge is -2.30.